The smallest absolute Gasteiger partial charge is 0.250 e. The lowest BCUT2D eigenvalue weighted by atomic mass is 10.1. The molecule has 1 aromatic carbocycles. The molecule has 4 nitrogen and oxygen atoms in total. The second-order valence-electron chi connectivity index (χ2n) is 4.34. The molecular weight excluding hydrogens is 261 g/mol. The fraction of sp³-hybridized carbons (Fsp3) is 0.333. The molecular formula is C12H11F3N2O2. The number of benzene rings is 1. The van der Waals surface area contributed by atoms with Crippen molar-refractivity contribution in [2.45, 2.75) is 25.9 Å². The summed E-state index contributed by atoms with van der Waals surface area (Å²) in [6.45, 7) is 2.87. The Kier molecular flexibility index (Phi) is 3.21. The summed E-state index contributed by atoms with van der Waals surface area (Å²) >= 11 is 0. The number of amides is 2. The fourth-order valence-corrected chi connectivity index (χ4v) is 1.94. The lowest BCUT2D eigenvalue weighted by Crippen LogP contribution is -2.61. The minimum atomic E-state index is -1.61. The summed E-state index contributed by atoms with van der Waals surface area (Å²) in [5, 5.41) is 2.43. The van der Waals surface area contributed by atoms with Gasteiger partial charge in [-0.3, -0.25) is 14.5 Å². The summed E-state index contributed by atoms with van der Waals surface area (Å²) in [5.41, 5.74) is -0.185. The van der Waals surface area contributed by atoms with Gasteiger partial charge in [-0.1, -0.05) is 0 Å². The van der Waals surface area contributed by atoms with Gasteiger partial charge >= 0.3 is 0 Å². The standard InChI is InChI=1S/C12H11F3N2O2/c1-5-12(19)17(6(2)11(18)16-5)7-3-8(13)10(15)9(14)4-7/h3-6H,1-2H3,(H,16,18). The van der Waals surface area contributed by atoms with E-state index in [9.17, 15) is 22.8 Å². The van der Waals surface area contributed by atoms with Crippen molar-refractivity contribution in [3.05, 3.63) is 29.6 Å². The van der Waals surface area contributed by atoms with Gasteiger partial charge in [-0.05, 0) is 13.8 Å². The number of nitrogens with one attached hydrogen (secondary N) is 1. The van der Waals surface area contributed by atoms with Gasteiger partial charge in [0.15, 0.2) is 17.5 Å². The highest BCUT2D eigenvalue weighted by molar-refractivity contribution is 6.07. The summed E-state index contributed by atoms with van der Waals surface area (Å²) in [7, 11) is 0. The normalized spacial score (nSPS) is 23.5. The lowest BCUT2D eigenvalue weighted by molar-refractivity contribution is -0.133. The molecule has 1 N–H and O–H groups in total. The molecule has 1 heterocycles. The molecule has 0 radical (unpaired) electrons. The molecule has 2 rings (SSSR count). The predicted molar refractivity (Wildman–Crippen MR) is 60.9 cm³/mol. The first-order valence-electron chi connectivity index (χ1n) is 5.61. The van der Waals surface area contributed by atoms with Gasteiger partial charge in [-0.25, -0.2) is 13.2 Å². The molecule has 2 atom stereocenters. The van der Waals surface area contributed by atoms with Gasteiger partial charge in [0, 0.05) is 12.1 Å². The minimum absolute atomic E-state index is 0.185. The van der Waals surface area contributed by atoms with Crippen molar-refractivity contribution in [3.8, 4) is 0 Å². The van der Waals surface area contributed by atoms with Gasteiger partial charge in [-0.2, -0.15) is 0 Å². The van der Waals surface area contributed by atoms with Crippen LogP contribution in [0.5, 0.6) is 0 Å². The number of halogens is 3. The van der Waals surface area contributed by atoms with Gasteiger partial charge in [-0.15, -0.1) is 0 Å². The summed E-state index contributed by atoms with van der Waals surface area (Å²) in [4.78, 5) is 24.5. The van der Waals surface area contributed by atoms with Crippen LogP contribution >= 0.6 is 0 Å². The molecule has 0 aliphatic carbocycles. The van der Waals surface area contributed by atoms with Crippen LogP contribution in [-0.4, -0.2) is 23.9 Å². The quantitative estimate of drug-likeness (QED) is 0.784. The molecule has 1 aliphatic heterocycles. The van der Waals surface area contributed by atoms with E-state index in [0.717, 1.165) is 4.90 Å². The summed E-state index contributed by atoms with van der Waals surface area (Å²) in [6.07, 6.45) is 0. The highest BCUT2D eigenvalue weighted by Crippen LogP contribution is 2.25. The van der Waals surface area contributed by atoms with E-state index in [-0.39, 0.29) is 5.69 Å². The van der Waals surface area contributed by atoms with Crippen LogP contribution < -0.4 is 10.2 Å². The zero-order chi connectivity index (χ0) is 14.3. The van der Waals surface area contributed by atoms with Gasteiger partial charge in [0.25, 0.3) is 0 Å². The zero-order valence-corrected chi connectivity index (χ0v) is 10.2. The molecule has 1 saturated heterocycles. The lowest BCUT2D eigenvalue weighted by Gasteiger charge is -2.36. The van der Waals surface area contributed by atoms with Crippen molar-refractivity contribution < 1.29 is 22.8 Å². The van der Waals surface area contributed by atoms with E-state index >= 15 is 0 Å². The third kappa shape index (κ3) is 2.16. The molecule has 1 fully saturated rings. The molecule has 0 spiro atoms. The van der Waals surface area contributed by atoms with E-state index in [1.807, 2.05) is 0 Å². The average Bonchev–Trinajstić information content (AvgIpc) is 2.34. The zero-order valence-electron chi connectivity index (χ0n) is 10.2. The van der Waals surface area contributed by atoms with Crippen molar-refractivity contribution in [3.63, 3.8) is 0 Å². The molecule has 0 saturated carbocycles. The van der Waals surface area contributed by atoms with Gasteiger partial charge < -0.3 is 5.32 Å². The predicted octanol–water partition coefficient (Wildman–Crippen LogP) is 1.34. The summed E-state index contributed by atoms with van der Waals surface area (Å²) in [5.74, 6) is -5.39. The molecule has 7 heteroatoms. The van der Waals surface area contributed by atoms with Crippen LogP contribution in [0.3, 0.4) is 0 Å². The average molecular weight is 272 g/mol. The number of carbonyl (C=O) groups is 2. The van der Waals surface area contributed by atoms with E-state index in [1.54, 1.807) is 0 Å². The number of piperazine rings is 1. The third-order valence-electron chi connectivity index (χ3n) is 2.98. The number of hydrogen-bond donors (Lipinski definition) is 1. The van der Waals surface area contributed by atoms with Crippen LogP contribution in [0.15, 0.2) is 12.1 Å². The van der Waals surface area contributed by atoms with Crippen LogP contribution in [0, 0.1) is 17.5 Å². The second-order valence-corrected chi connectivity index (χ2v) is 4.34. The van der Waals surface area contributed by atoms with Gasteiger partial charge in [0.2, 0.25) is 11.8 Å². The first-order chi connectivity index (χ1) is 8.82. The Bertz CT molecular complexity index is 539. The number of anilines is 1. The molecule has 19 heavy (non-hydrogen) atoms. The first-order valence-corrected chi connectivity index (χ1v) is 5.61. The second kappa shape index (κ2) is 4.56. The van der Waals surface area contributed by atoms with Crippen LogP contribution in [0.2, 0.25) is 0 Å². The van der Waals surface area contributed by atoms with E-state index < -0.39 is 41.3 Å². The minimum Gasteiger partial charge on any atom is -0.343 e. The highest BCUT2D eigenvalue weighted by atomic mass is 19.2. The Morgan fingerprint density at radius 3 is 2.16 bits per heavy atom. The molecule has 2 amide bonds. The monoisotopic (exact) mass is 272 g/mol. The number of hydrogen-bond acceptors (Lipinski definition) is 2. The largest absolute Gasteiger partial charge is 0.343 e. The SMILES string of the molecule is CC1NC(=O)C(C)N(c2cc(F)c(F)c(F)c2)C1=O. The fourth-order valence-electron chi connectivity index (χ4n) is 1.94. The number of nitrogens with zero attached hydrogens (tertiary/aromatic N) is 1. The maximum atomic E-state index is 13.2. The van der Waals surface area contributed by atoms with E-state index in [0.29, 0.717) is 12.1 Å². The summed E-state index contributed by atoms with van der Waals surface area (Å²) in [6, 6.07) is -0.344. The van der Waals surface area contributed by atoms with E-state index in [4.69, 9.17) is 0 Å². The Morgan fingerprint density at radius 1 is 1.11 bits per heavy atom. The highest BCUT2D eigenvalue weighted by Gasteiger charge is 2.37. The summed E-state index contributed by atoms with van der Waals surface area (Å²) < 4.78 is 39.3. The van der Waals surface area contributed by atoms with Crippen LogP contribution in [0.4, 0.5) is 18.9 Å². The Morgan fingerprint density at radius 2 is 1.63 bits per heavy atom. The molecule has 0 aromatic heterocycles. The van der Waals surface area contributed by atoms with Crippen LogP contribution in [-0.2, 0) is 9.59 Å². The molecule has 1 aromatic rings. The Hall–Kier alpha value is -2.05. The Labute approximate surface area is 107 Å². The van der Waals surface area contributed by atoms with Gasteiger partial charge in [0.1, 0.15) is 12.1 Å². The van der Waals surface area contributed by atoms with Crippen molar-refractivity contribution >= 4 is 17.5 Å². The third-order valence-corrected chi connectivity index (χ3v) is 2.98. The van der Waals surface area contributed by atoms with Crippen molar-refractivity contribution in [2.75, 3.05) is 4.90 Å². The van der Waals surface area contributed by atoms with Crippen molar-refractivity contribution in [1.82, 2.24) is 5.32 Å². The van der Waals surface area contributed by atoms with Crippen molar-refractivity contribution in [1.29, 1.82) is 0 Å². The maximum absolute atomic E-state index is 13.2. The van der Waals surface area contributed by atoms with Gasteiger partial charge in [0.05, 0.1) is 5.69 Å². The number of carbonyl (C=O) groups excluding carboxylic acids is 2. The van der Waals surface area contributed by atoms with E-state index in [1.165, 1.54) is 13.8 Å². The molecule has 0 bridgehead atoms. The van der Waals surface area contributed by atoms with Crippen LogP contribution in [0.25, 0.3) is 0 Å². The molecule has 102 valence electrons. The van der Waals surface area contributed by atoms with Crippen molar-refractivity contribution in [2.24, 2.45) is 0 Å². The van der Waals surface area contributed by atoms with Crippen LogP contribution in [0.1, 0.15) is 13.8 Å². The Balaban J connectivity index is 2.49. The first kappa shape index (κ1) is 13.4. The topological polar surface area (TPSA) is 49.4 Å². The molecule has 2 unspecified atom stereocenters. The maximum Gasteiger partial charge on any atom is 0.250 e. The number of rotatable bonds is 1. The van der Waals surface area contributed by atoms with E-state index in [2.05, 4.69) is 5.32 Å². The molecule has 1 aliphatic rings.